The Bertz CT molecular complexity index is 886. The number of para-hydroxylation sites is 1. The van der Waals surface area contributed by atoms with Crippen molar-refractivity contribution in [3.8, 4) is 5.75 Å². The Morgan fingerprint density at radius 3 is 2.69 bits per heavy atom. The lowest BCUT2D eigenvalue weighted by Gasteiger charge is -2.26. The maximum atomic E-state index is 12.9. The molecule has 0 saturated heterocycles. The normalized spacial score (nSPS) is 16.4. The Morgan fingerprint density at radius 1 is 1.19 bits per heavy atom. The number of benzene rings is 2. The van der Waals surface area contributed by atoms with E-state index in [9.17, 15) is 17.6 Å². The first-order valence-corrected chi connectivity index (χ1v) is 9.34. The molecule has 26 heavy (non-hydrogen) atoms. The van der Waals surface area contributed by atoms with Crippen molar-refractivity contribution in [2.24, 2.45) is 0 Å². The van der Waals surface area contributed by atoms with Gasteiger partial charge >= 0.3 is 0 Å². The second kappa shape index (κ2) is 7.81. The van der Waals surface area contributed by atoms with Crippen molar-refractivity contribution >= 4 is 15.9 Å². The van der Waals surface area contributed by atoms with E-state index in [1.165, 1.54) is 0 Å². The molecule has 0 aliphatic carbocycles. The number of nitrogens with one attached hydrogen (secondary N) is 2. The molecule has 2 aromatic rings. The first-order chi connectivity index (χ1) is 12.5. The fraction of sp³-hybridized carbons (Fsp3) is 0.235. The van der Waals surface area contributed by atoms with Gasteiger partial charge in [-0.25, -0.2) is 12.8 Å². The summed E-state index contributed by atoms with van der Waals surface area (Å²) >= 11 is 0. The minimum absolute atomic E-state index is 0.169. The number of halogens is 1. The molecule has 2 aromatic carbocycles. The van der Waals surface area contributed by atoms with E-state index in [-0.39, 0.29) is 10.9 Å². The predicted octanol–water partition coefficient (Wildman–Crippen LogP) is 1.68. The molecule has 2 N–H and O–H groups in total. The number of hydrogen-bond donors (Lipinski definition) is 2. The van der Waals surface area contributed by atoms with Crippen LogP contribution in [-0.4, -0.2) is 27.5 Å². The smallest absolute Gasteiger partial charge is 0.262 e. The highest BCUT2D eigenvalue weighted by Gasteiger charge is 2.23. The Hall–Kier alpha value is -2.49. The van der Waals surface area contributed by atoms with Crippen LogP contribution in [-0.2, 0) is 19.7 Å². The molecule has 1 atom stereocenters. The van der Waals surface area contributed by atoms with Gasteiger partial charge in [-0.05, 0) is 30.3 Å². The van der Waals surface area contributed by atoms with Crippen LogP contribution in [0.2, 0.25) is 0 Å². The number of fused-ring (bicyclic) bond motifs is 1. The van der Waals surface area contributed by atoms with E-state index < -0.39 is 28.4 Å². The van der Waals surface area contributed by atoms with E-state index in [4.69, 9.17) is 9.57 Å². The van der Waals surface area contributed by atoms with E-state index in [2.05, 4.69) is 5.32 Å². The highest BCUT2D eigenvalue weighted by molar-refractivity contribution is 7.89. The first kappa shape index (κ1) is 18.3. The zero-order valence-electron chi connectivity index (χ0n) is 13.6. The van der Waals surface area contributed by atoms with Gasteiger partial charge in [-0.3, -0.25) is 9.63 Å². The van der Waals surface area contributed by atoms with Crippen LogP contribution in [0.5, 0.6) is 5.75 Å². The van der Waals surface area contributed by atoms with Crippen molar-refractivity contribution in [3.63, 3.8) is 0 Å². The Balaban J connectivity index is 1.53. The third-order valence-electron chi connectivity index (χ3n) is 3.79. The van der Waals surface area contributed by atoms with E-state index in [1.807, 2.05) is 29.2 Å². The minimum atomic E-state index is -3.99. The van der Waals surface area contributed by atoms with Crippen molar-refractivity contribution in [1.82, 2.24) is 10.2 Å². The van der Waals surface area contributed by atoms with Crippen LogP contribution >= 0.6 is 0 Å². The van der Waals surface area contributed by atoms with Crippen molar-refractivity contribution in [2.45, 2.75) is 17.4 Å². The second-order valence-corrected chi connectivity index (χ2v) is 7.27. The van der Waals surface area contributed by atoms with Crippen molar-refractivity contribution in [3.05, 3.63) is 59.9 Å². The van der Waals surface area contributed by atoms with Gasteiger partial charge in [0.1, 0.15) is 18.2 Å². The molecule has 0 fully saturated rings. The second-order valence-electron chi connectivity index (χ2n) is 5.62. The van der Waals surface area contributed by atoms with Crippen molar-refractivity contribution < 1.29 is 27.2 Å². The van der Waals surface area contributed by atoms with Gasteiger partial charge in [-0.1, -0.05) is 23.1 Å². The Morgan fingerprint density at radius 2 is 1.92 bits per heavy atom. The summed E-state index contributed by atoms with van der Waals surface area (Å²) in [6.07, 6.45) is 0.601. The van der Waals surface area contributed by atoms with Gasteiger partial charge < -0.3 is 10.1 Å². The van der Waals surface area contributed by atoms with Crippen LogP contribution in [0.15, 0.2) is 53.4 Å². The number of sulfonamides is 1. The molecule has 0 unspecified atom stereocenters. The van der Waals surface area contributed by atoms with Gasteiger partial charge in [0.05, 0.1) is 17.5 Å². The van der Waals surface area contributed by atoms with E-state index in [0.29, 0.717) is 18.8 Å². The molecule has 0 aromatic heterocycles. The highest BCUT2D eigenvalue weighted by Crippen LogP contribution is 2.31. The van der Waals surface area contributed by atoms with Gasteiger partial charge in [0.2, 0.25) is 5.91 Å². The fourth-order valence-electron chi connectivity index (χ4n) is 2.56. The third-order valence-corrected chi connectivity index (χ3v) is 5.02. The molecule has 0 spiro atoms. The van der Waals surface area contributed by atoms with Crippen LogP contribution in [0.1, 0.15) is 18.0 Å². The molecule has 0 radical (unpaired) electrons. The quantitative estimate of drug-likeness (QED) is 0.744. The van der Waals surface area contributed by atoms with Crippen LogP contribution in [0.25, 0.3) is 0 Å². The Labute approximate surface area is 150 Å². The summed E-state index contributed by atoms with van der Waals surface area (Å²) in [6, 6.07) is 11.4. The zero-order valence-corrected chi connectivity index (χ0v) is 14.5. The average molecular weight is 380 g/mol. The SMILES string of the molecule is O=C(CONS(=O)(=O)c1ccc(F)cc1)N[C@H]1CCOc2ccccc21. The highest BCUT2D eigenvalue weighted by atomic mass is 32.2. The molecule has 0 bridgehead atoms. The lowest BCUT2D eigenvalue weighted by Crippen LogP contribution is -2.36. The van der Waals surface area contributed by atoms with Crippen molar-refractivity contribution in [1.29, 1.82) is 0 Å². The number of rotatable bonds is 6. The number of amides is 1. The topological polar surface area (TPSA) is 93.7 Å². The summed E-state index contributed by atoms with van der Waals surface area (Å²) in [4.78, 5) is 18.5. The van der Waals surface area contributed by atoms with E-state index >= 15 is 0 Å². The summed E-state index contributed by atoms with van der Waals surface area (Å²) in [5, 5.41) is 2.78. The first-order valence-electron chi connectivity index (χ1n) is 7.86. The van der Waals surface area contributed by atoms with Gasteiger partial charge in [-0.15, -0.1) is 0 Å². The maximum absolute atomic E-state index is 12.9. The summed E-state index contributed by atoms with van der Waals surface area (Å²) < 4.78 is 42.3. The number of hydrogen-bond acceptors (Lipinski definition) is 5. The number of carbonyl (C=O) groups is 1. The Kier molecular flexibility index (Phi) is 5.50. The number of ether oxygens (including phenoxy) is 1. The van der Waals surface area contributed by atoms with Crippen LogP contribution < -0.4 is 14.9 Å². The lowest BCUT2D eigenvalue weighted by molar-refractivity contribution is -0.127. The minimum Gasteiger partial charge on any atom is -0.493 e. The standard InChI is InChI=1S/C17H17FN2O5S/c18-12-5-7-13(8-6-12)26(22,23)20-25-11-17(21)19-15-9-10-24-16-4-2-1-3-14(15)16/h1-8,15,20H,9-11H2,(H,19,21)/t15-/m0/s1. The summed E-state index contributed by atoms with van der Waals surface area (Å²) in [7, 11) is -3.99. The lowest BCUT2D eigenvalue weighted by atomic mass is 10.0. The monoisotopic (exact) mass is 380 g/mol. The number of carbonyl (C=O) groups excluding carboxylic acids is 1. The third kappa shape index (κ3) is 4.37. The molecule has 1 amide bonds. The van der Waals surface area contributed by atoms with Crippen LogP contribution in [0.4, 0.5) is 4.39 Å². The van der Waals surface area contributed by atoms with Crippen molar-refractivity contribution in [2.75, 3.05) is 13.2 Å². The largest absolute Gasteiger partial charge is 0.493 e. The maximum Gasteiger partial charge on any atom is 0.262 e. The zero-order chi connectivity index (χ0) is 18.6. The van der Waals surface area contributed by atoms with E-state index in [1.54, 1.807) is 0 Å². The molecule has 9 heteroatoms. The van der Waals surface area contributed by atoms with Crippen LogP contribution in [0, 0.1) is 5.82 Å². The predicted molar refractivity (Wildman–Crippen MR) is 90.1 cm³/mol. The van der Waals surface area contributed by atoms with E-state index in [0.717, 1.165) is 29.8 Å². The molecule has 1 aliphatic heterocycles. The molecular formula is C17H17FN2O5S. The molecule has 1 aliphatic rings. The molecular weight excluding hydrogens is 363 g/mol. The van der Waals surface area contributed by atoms with Gasteiger partial charge in [0.25, 0.3) is 10.0 Å². The van der Waals surface area contributed by atoms with Gasteiger partial charge in [0, 0.05) is 12.0 Å². The van der Waals surface area contributed by atoms with Gasteiger partial charge in [0.15, 0.2) is 0 Å². The molecule has 1 heterocycles. The summed E-state index contributed by atoms with van der Waals surface area (Å²) in [5.41, 5.74) is 0.860. The van der Waals surface area contributed by atoms with Gasteiger partial charge in [-0.2, -0.15) is 0 Å². The molecule has 138 valence electrons. The molecule has 7 nitrogen and oxygen atoms in total. The summed E-state index contributed by atoms with van der Waals surface area (Å²) in [5.74, 6) is -0.323. The molecule has 3 rings (SSSR count). The van der Waals surface area contributed by atoms with Crippen LogP contribution in [0.3, 0.4) is 0 Å². The average Bonchev–Trinajstić information content (AvgIpc) is 2.62. The summed E-state index contributed by atoms with van der Waals surface area (Å²) in [6.45, 7) is -0.0278. The fourth-order valence-corrected chi connectivity index (χ4v) is 3.37. The molecule has 0 saturated carbocycles.